The molecule has 3 aromatic rings. The van der Waals surface area contributed by atoms with Gasteiger partial charge in [-0.05, 0) is 12.1 Å². The largest absolute Gasteiger partial charge is 0.485 e. The Balaban J connectivity index is 1.44. The normalized spacial score (nSPS) is 16.5. The van der Waals surface area contributed by atoms with Crippen LogP contribution in [0.3, 0.4) is 0 Å². The van der Waals surface area contributed by atoms with Crippen molar-refractivity contribution in [3.05, 3.63) is 41.8 Å². The van der Waals surface area contributed by atoms with E-state index in [2.05, 4.69) is 20.3 Å². The maximum atomic E-state index is 6.02. The summed E-state index contributed by atoms with van der Waals surface area (Å²) in [4.78, 5) is 4.45. The van der Waals surface area contributed by atoms with E-state index in [9.17, 15) is 0 Å². The van der Waals surface area contributed by atoms with Gasteiger partial charge in [0.1, 0.15) is 6.61 Å². The lowest BCUT2D eigenvalue weighted by molar-refractivity contribution is 0.0825. The standard InChI is InChI=1S/C18H21N5O3S/c1-18(2,3)16-19-14(26-22-16)10-27-17-21-20-15(23(17)4)13-9-24-11-7-5-6-8-12(11)25-13/h5-8,13H,9-10H2,1-4H3. The average molecular weight is 387 g/mol. The minimum absolute atomic E-state index is 0.140. The van der Waals surface area contributed by atoms with Crippen LogP contribution in [0.2, 0.25) is 0 Å². The Hall–Kier alpha value is -2.55. The van der Waals surface area contributed by atoms with Crippen molar-refractivity contribution in [3.63, 3.8) is 0 Å². The molecule has 0 fully saturated rings. The third kappa shape index (κ3) is 3.64. The van der Waals surface area contributed by atoms with Gasteiger partial charge in [0, 0.05) is 12.5 Å². The molecule has 1 atom stereocenters. The number of para-hydroxylation sites is 2. The van der Waals surface area contributed by atoms with E-state index in [4.69, 9.17) is 14.0 Å². The molecule has 1 aliphatic heterocycles. The minimum atomic E-state index is -0.303. The van der Waals surface area contributed by atoms with Crippen molar-refractivity contribution in [1.29, 1.82) is 0 Å². The summed E-state index contributed by atoms with van der Waals surface area (Å²) >= 11 is 1.49. The van der Waals surface area contributed by atoms with Crippen molar-refractivity contribution >= 4 is 11.8 Å². The third-order valence-electron chi connectivity index (χ3n) is 4.13. The second-order valence-corrected chi connectivity index (χ2v) is 8.26. The van der Waals surface area contributed by atoms with Crippen LogP contribution in [0.5, 0.6) is 11.5 Å². The molecule has 0 radical (unpaired) electrons. The fourth-order valence-corrected chi connectivity index (χ4v) is 3.38. The lowest BCUT2D eigenvalue weighted by atomic mass is 9.96. The van der Waals surface area contributed by atoms with Gasteiger partial charge in [0.05, 0.1) is 5.75 Å². The first-order valence-electron chi connectivity index (χ1n) is 8.65. The highest BCUT2D eigenvalue weighted by Gasteiger charge is 2.28. The van der Waals surface area contributed by atoms with Crippen LogP contribution >= 0.6 is 11.8 Å². The fraction of sp³-hybridized carbons (Fsp3) is 0.444. The Kier molecular flexibility index (Phi) is 4.55. The Bertz CT molecular complexity index is 947. The highest BCUT2D eigenvalue weighted by atomic mass is 32.2. The maximum Gasteiger partial charge on any atom is 0.237 e. The molecule has 1 aliphatic rings. The van der Waals surface area contributed by atoms with Crippen LogP contribution in [0.15, 0.2) is 33.9 Å². The molecule has 1 aromatic carbocycles. The predicted molar refractivity (Wildman–Crippen MR) is 98.9 cm³/mol. The second-order valence-electron chi connectivity index (χ2n) is 7.31. The second kappa shape index (κ2) is 6.88. The summed E-state index contributed by atoms with van der Waals surface area (Å²) < 4.78 is 19.0. The zero-order valence-corrected chi connectivity index (χ0v) is 16.5. The molecule has 2 aromatic heterocycles. The van der Waals surface area contributed by atoms with Crippen molar-refractivity contribution in [3.8, 4) is 11.5 Å². The van der Waals surface area contributed by atoms with E-state index in [1.165, 1.54) is 11.8 Å². The van der Waals surface area contributed by atoms with E-state index in [-0.39, 0.29) is 11.5 Å². The van der Waals surface area contributed by atoms with Crippen molar-refractivity contribution < 1.29 is 14.0 Å². The van der Waals surface area contributed by atoms with Crippen LogP contribution in [0.25, 0.3) is 0 Å². The van der Waals surface area contributed by atoms with E-state index in [1.807, 2.05) is 56.7 Å². The number of thioether (sulfide) groups is 1. The molecule has 0 N–H and O–H groups in total. The predicted octanol–water partition coefficient (Wildman–Crippen LogP) is 3.30. The summed E-state index contributed by atoms with van der Waals surface area (Å²) in [5.41, 5.74) is -0.140. The van der Waals surface area contributed by atoms with Gasteiger partial charge < -0.3 is 18.6 Å². The lowest BCUT2D eigenvalue weighted by Crippen LogP contribution is -2.24. The molecular weight excluding hydrogens is 366 g/mol. The Morgan fingerprint density at radius 3 is 2.70 bits per heavy atom. The number of fused-ring (bicyclic) bond motifs is 1. The number of benzene rings is 1. The highest BCUT2D eigenvalue weighted by Crippen LogP contribution is 2.36. The summed E-state index contributed by atoms with van der Waals surface area (Å²) in [7, 11) is 1.91. The first-order valence-corrected chi connectivity index (χ1v) is 9.64. The zero-order valence-electron chi connectivity index (χ0n) is 15.7. The van der Waals surface area contributed by atoms with Gasteiger partial charge in [0.25, 0.3) is 0 Å². The van der Waals surface area contributed by atoms with Crippen LogP contribution in [0.1, 0.15) is 44.4 Å². The van der Waals surface area contributed by atoms with E-state index in [0.717, 1.165) is 10.9 Å². The summed E-state index contributed by atoms with van der Waals surface area (Å²) in [5.74, 6) is 3.97. The number of rotatable bonds is 4. The summed E-state index contributed by atoms with van der Waals surface area (Å²) in [6.45, 7) is 6.54. The summed E-state index contributed by atoms with van der Waals surface area (Å²) in [6, 6.07) is 7.61. The Morgan fingerprint density at radius 2 is 1.96 bits per heavy atom. The number of nitrogens with zero attached hydrogens (tertiary/aromatic N) is 5. The molecule has 9 heteroatoms. The van der Waals surface area contributed by atoms with Gasteiger partial charge in [-0.15, -0.1) is 10.2 Å². The van der Waals surface area contributed by atoms with Crippen LogP contribution in [0, 0.1) is 0 Å². The number of hydrogen-bond donors (Lipinski definition) is 0. The quantitative estimate of drug-likeness (QED) is 0.630. The van der Waals surface area contributed by atoms with Gasteiger partial charge in [-0.2, -0.15) is 4.98 Å². The SMILES string of the molecule is Cn1c(SCc2nc(C(C)(C)C)no2)nnc1C1COc2ccccc2O1. The van der Waals surface area contributed by atoms with Gasteiger partial charge >= 0.3 is 0 Å². The van der Waals surface area contributed by atoms with Crippen LogP contribution < -0.4 is 9.47 Å². The van der Waals surface area contributed by atoms with Crippen LogP contribution in [0.4, 0.5) is 0 Å². The molecule has 0 amide bonds. The molecule has 4 rings (SSSR count). The highest BCUT2D eigenvalue weighted by molar-refractivity contribution is 7.98. The fourth-order valence-electron chi connectivity index (χ4n) is 2.62. The van der Waals surface area contributed by atoms with E-state index in [1.54, 1.807) is 0 Å². The van der Waals surface area contributed by atoms with Gasteiger partial charge in [0.2, 0.25) is 5.89 Å². The van der Waals surface area contributed by atoms with Crippen molar-refractivity contribution in [1.82, 2.24) is 24.9 Å². The molecule has 142 valence electrons. The lowest BCUT2D eigenvalue weighted by Gasteiger charge is -2.25. The third-order valence-corrected chi connectivity index (χ3v) is 5.13. The first kappa shape index (κ1) is 17.8. The Labute approximate surface area is 161 Å². The molecule has 0 bridgehead atoms. The molecule has 8 nitrogen and oxygen atoms in total. The van der Waals surface area contributed by atoms with Gasteiger partial charge in [-0.1, -0.05) is 49.8 Å². The van der Waals surface area contributed by atoms with Gasteiger partial charge in [-0.3, -0.25) is 0 Å². The molecule has 1 unspecified atom stereocenters. The molecular formula is C18H21N5O3S. The van der Waals surface area contributed by atoms with Crippen molar-refractivity contribution in [2.45, 2.75) is 43.2 Å². The summed E-state index contributed by atoms with van der Waals surface area (Å²) in [5, 5.41) is 13.4. The topological polar surface area (TPSA) is 88.1 Å². The van der Waals surface area contributed by atoms with Crippen LogP contribution in [-0.4, -0.2) is 31.5 Å². The molecule has 0 saturated heterocycles. The Morgan fingerprint density at radius 1 is 1.19 bits per heavy atom. The molecule has 0 aliphatic carbocycles. The summed E-state index contributed by atoms with van der Waals surface area (Å²) in [6.07, 6.45) is -0.303. The first-order chi connectivity index (χ1) is 12.9. The monoisotopic (exact) mass is 387 g/mol. The number of hydrogen-bond acceptors (Lipinski definition) is 8. The molecule has 3 heterocycles. The number of ether oxygens (including phenoxy) is 2. The maximum absolute atomic E-state index is 6.02. The van der Waals surface area contributed by atoms with Gasteiger partial charge in [-0.25, -0.2) is 0 Å². The minimum Gasteiger partial charge on any atom is -0.485 e. The molecule has 27 heavy (non-hydrogen) atoms. The number of aromatic nitrogens is 5. The van der Waals surface area contributed by atoms with E-state index in [0.29, 0.717) is 35.6 Å². The smallest absolute Gasteiger partial charge is 0.237 e. The van der Waals surface area contributed by atoms with Crippen molar-refractivity contribution in [2.24, 2.45) is 7.05 Å². The van der Waals surface area contributed by atoms with E-state index < -0.39 is 0 Å². The zero-order chi connectivity index (χ0) is 19.0. The van der Waals surface area contributed by atoms with Crippen LogP contribution in [-0.2, 0) is 18.2 Å². The van der Waals surface area contributed by atoms with Crippen molar-refractivity contribution in [2.75, 3.05) is 6.61 Å². The average Bonchev–Trinajstić information content (AvgIpc) is 3.26. The van der Waals surface area contributed by atoms with Gasteiger partial charge in [0.15, 0.2) is 34.4 Å². The van der Waals surface area contributed by atoms with E-state index >= 15 is 0 Å². The molecule has 0 saturated carbocycles. The molecule has 0 spiro atoms.